The summed E-state index contributed by atoms with van der Waals surface area (Å²) in [5, 5.41) is 10.0. The van der Waals surface area contributed by atoms with Crippen LogP contribution in [0.5, 0.6) is 0 Å². The summed E-state index contributed by atoms with van der Waals surface area (Å²) in [7, 11) is 2.09. The molecule has 0 aromatic rings. The number of likely N-dealkylation sites (N-methyl/N-ethyl adjacent to an activating group) is 1. The summed E-state index contributed by atoms with van der Waals surface area (Å²) in [6, 6.07) is 0. The number of nitrogens with zero attached hydrogens (tertiary/aromatic N) is 2. The number of β-amino-alcohol motifs (C(OH)–C–C–N with tert-alkyl or cyclic N) is 1. The zero-order valence-electron chi connectivity index (χ0n) is 11.6. The molecule has 1 rings (SSSR count). The molecule has 102 valence electrons. The first-order valence-corrected chi connectivity index (χ1v) is 6.78. The first-order chi connectivity index (χ1) is 8.11. The monoisotopic (exact) mass is 244 g/mol. The van der Waals surface area contributed by atoms with Gasteiger partial charge < -0.3 is 14.7 Å². The number of ether oxygens (including phenoxy) is 1. The van der Waals surface area contributed by atoms with E-state index in [0.717, 1.165) is 45.9 Å². The van der Waals surface area contributed by atoms with Crippen LogP contribution < -0.4 is 0 Å². The van der Waals surface area contributed by atoms with Crippen LogP contribution in [-0.2, 0) is 4.74 Å². The zero-order chi connectivity index (χ0) is 12.7. The van der Waals surface area contributed by atoms with Crippen LogP contribution in [-0.4, -0.2) is 74.0 Å². The second kappa shape index (κ2) is 8.03. The summed E-state index contributed by atoms with van der Waals surface area (Å²) in [6.45, 7) is 10.6. The van der Waals surface area contributed by atoms with Crippen LogP contribution in [0.2, 0.25) is 0 Å². The maximum Gasteiger partial charge on any atom is 0.0793 e. The second-order valence-electron chi connectivity index (χ2n) is 5.30. The molecule has 1 N–H and O–H groups in total. The molecule has 4 nitrogen and oxygen atoms in total. The third kappa shape index (κ3) is 6.36. The van der Waals surface area contributed by atoms with Crippen molar-refractivity contribution < 1.29 is 9.84 Å². The molecule has 1 saturated heterocycles. The molecule has 1 aliphatic heterocycles. The van der Waals surface area contributed by atoms with Gasteiger partial charge in [0.25, 0.3) is 0 Å². The van der Waals surface area contributed by atoms with Gasteiger partial charge in [0.15, 0.2) is 0 Å². The molecule has 0 amide bonds. The lowest BCUT2D eigenvalue weighted by Crippen LogP contribution is -2.44. The molecule has 17 heavy (non-hydrogen) atoms. The van der Waals surface area contributed by atoms with Gasteiger partial charge in [0.2, 0.25) is 0 Å². The number of rotatable bonds is 7. The van der Waals surface area contributed by atoms with Crippen molar-refractivity contribution in [2.24, 2.45) is 5.92 Å². The smallest absolute Gasteiger partial charge is 0.0793 e. The molecular weight excluding hydrogens is 216 g/mol. The summed E-state index contributed by atoms with van der Waals surface area (Å²) in [5.74, 6) is 0.704. The fourth-order valence-corrected chi connectivity index (χ4v) is 2.23. The van der Waals surface area contributed by atoms with Gasteiger partial charge in [-0.1, -0.05) is 20.3 Å². The highest BCUT2D eigenvalue weighted by Crippen LogP contribution is 2.04. The minimum absolute atomic E-state index is 0.248. The molecule has 1 fully saturated rings. The number of morpholine rings is 1. The van der Waals surface area contributed by atoms with Crippen molar-refractivity contribution in [1.82, 2.24) is 9.80 Å². The Balaban J connectivity index is 2.16. The Morgan fingerprint density at radius 1 is 1.29 bits per heavy atom. The van der Waals surface area contributed by atoms with Gasteiger partial charge in [-0.3, -0.25) is 4.90 Å². The highest BCUT2D eigenvalue weighted by molar-refractivity contribution is 4.70. The zero-order valence-corrected chi connectivity index (χ0v) is 11.6. The van der Waals surface area contributed by atoms with Crippen LogP contribution in [0.1, 0.15) is 20.3 Å². The van der Waals surface area contributed by atoms with Gasteiger partial charge in [-0.05, 0) is 13.0 Å². The van der Waals surface area contributed by atoms with Crippen molar-refractivity contribution in [2.75, 3.05) is 53.0 Å². The topological polar surface area (TPSA) is 35.9 Å². The van der Waals surface area contributed by atoms with Gasteiger partial charge in [0.1, 0.15) is 0 Å². The van der Waals surface area contributed by atoms with Crippen molar-refractivity contribution in [3.8, 4) is 0 Å². The predicted octanol–water partition coefficient (Wildman–Crippen LogP) is 0.657. The normalized spacial score (nSPS) is 21.7. The van der Waals surface area contributed by atoms with Gasteiger partial charge in [0.05, 0.1) is 19.3 Å². The van der Waals surface area contributed by atoms with E-state index in [0.29, 0.717) is 5.92 Å². The van der Waals surface area contributed by atoms with E-state index in [1.165, 1.54) is 6.42 Å². The summed E-state index contributed by atoms with van der Waals surface area (Å²) >= 11 is 0. The standard InChI is InChI=1S/C13H28N2O2/c1-4-12(2)9-14(3)10-13(16)11-15-5-7-17-8-6-15/h12-13,16H,4-11H2,1-3H3. The Morgan fingerprint density at radius 3 is 2.53 bits per heavy atom. The lowest BCUT2D eigenvalue weighted by Gasteiger charge is -2.30. The summed E-state index contributed by atoms with van der Waals surface area (Å²) < 4.78 is 5.30. The van der Waals surface area contributed by atoms with E-state index in [1.807, 2.05) is 0 Å². The van der Waals surface area contributed by atoms with Gasteiger partial charge >= 0.3 is 0 Å². The molecule has 0 radical (unpaired) electrons. The lowest BCUT2D eigenvalue weighted by molar-refractivity contribution is 0.00798. The van der Waals surface area contributed by atoms with Crippen LogP contribution >= 0.6 is 0 Å². The van der Waals surface area contributed by atoms with Crippen molar-refractivity contribution in [3.63, 3.8) is 0 Å². The second-order valence-corrected chi connectivity index (χ2v) is 5.30. The molecule has 1 aliphatic rings. The van der Waals surface area contributed by atoms with E-state index in [-0.39, 0.29) is 6.10 Å². The molecule has 0 bridgehead atoms. The van der Waals surface area contributed by atoms with Crippen LogP contribution in [0.3, 0.4) is 0 Å². The molecule has 4 heteroatoms. The van der Waals surface area contributed by atoms with Gasteiger partial charge in [-0.15, -0.1) is 0 Å². The first kappa shape index (κ1) is 14.9. The molecule has 0 aromatic carbocycles. The predicted molar refractivity (Wildman–Crippen MR) is 70.2 cm³/mol. The Kier molecular flexibility index (Phi) is 7.04. The highest BCUT2D eigenvalue weighted by Gasteiger charge is 2.16. The average molecular weight is 244 g/mol. The quantitative estimate of drug-likeness (QED) is 0.713. The summed E-state index contributed by atoms with van der Waals surface area (Å²) in [5.41, 5.74) is 0. The van der Waals surface area contributed by atoms with Crippen molar-refractivity contribution in [1.29, 1.82) is 0 Å². The minimum atomic E-state index is -0.248. The van der Waals surface area contributed by atoms with Crippen molar-refractivity contribution in [2.45, 2.75) is 26.4 Å². The Morgan fingerprint density at radius 2 is 1.94 bits per heavy atom. The minimum Gasteiger partial charge on any atom is -0.390 e. The number of hydrogen-bond acceptors (Lipinski definition) is 4. The third-order valence-electron chi connectivity index (χ3n) is 3.42. The molecule has 0 saturated carbocycles. The molecule has 2 unspecified atom stereocenters. The van der Waals surface area contributed by atoms with Crippen molar-refractivity contribution in [3.05, 3.63) is 0 Å². The molecule has 0 aromatic heterocycles. The van der Waals surface area contributed by atoms with E-state index < -0.39 is 0 Å². The third-order valence-corrected chi connectivity index (χ3v) is 3.42. The van der Waals surface area contributed by atoms with Crippen LogP contribution in [0.25, 0.3) is 0 Å². The Bertz CT molecular complexity index is 196. The maximum absolute atomic E-state index is 10.0. The van der Waals surface area contributed by atoms with Gasteiger partial charge in [-0.2, -0.15) is 0 Å². The van der Waals surface area contributed by atoms with Crippen LogP contribution in [0, 0.1) is 5.92 Å². The van der Waals surface area contributed by atoms with Gasteiger partial charge in [-0.25, -0.2) is 0 Å². The fourth-order valence-electron chi connectivity index (χ4n) is 2.23. The molecular formula is C13H28N2O2. The van der Waals surface area contributed by atoms with Crippen LogP contribution in [0.4, 0.5) is 0 Å². The number of hydrogen-bond donors (Lipinski definition) is 1. The van der Waals surface area contributed by atoms with Crippen molar-refractivity contribution >= 4 is 0 Å². The SMILES string of the molecule is CCC(C)CN(C)CC(O)CN1CCOCC1. The van der Waals surface area contributed by atoms with E-state index in [1.54, 1.807) is 0 Å². The highest BCUT2D eigenvalue weighted by atomic mass is 16.5. The maximum atomic E-state index is 10.0. The van der Waals surface area contributed by atoms with E-state index in [2.05, 4.69) is 30.7 Å². The molecule has 2 atom stereocenters. The molecule has 0 aliphatic carbocycles. The number of aliphatic hydroxyl groups is 1. The van der Waals surface area contributed by atoms with E-state index >= 15 is 0 Å². The summed E-state index contributed by atoms with van der Waals surface area (Å²) in [6.07, 6.45) is 0.950. The first-order valence-electron chi connectivity index (χ1n) is 6.78. The largest absolute Gasteiger partial charge is 0.390 e. The fraction of sp³-hybridized carbons (Fsp3) is 1.00. The number of aliphatic hydroxyl groups excluding tert-OH is 1. The van der Waals surface area contributed by atoms with E-state index in [4.69, 9.17) is 4.74 Å². The average Bonchev–Trinajstić information content (AvgIpc) is 2.29. The summed E-state index contributed by atoms with van der Waals surface area (Å²) in [4.78, 5) is 4.52. The lowest BCUT2D eigenvalue weighted by atomic mass is 10.1. The van der Waals surface area contributed by atoms with Gasteiger partial charge in [0, 0.05) is 32.7 Å². The molecule has 0 spiro atoms. The van der Waals surface area contributed by atoms with E-state index in [9.17, 15) is 5.11 Å². The Hall–Kier alpha value is -0.160. The molecule has 1 heterocycles. The van der Waals surface area contributed by atoms with Crippen LogP contribution in [0.15, 0.2) is 0 Å². The Labute approximate surface area is 106 Å².